The lowest BCUT2D eigenvalue weighted by atomic mass is 9.93. The average molecular weight is 209 g/mol. The Morgan fingerprint density at radius 2 is 2.20 bits per heavy atom. The smallest absolute Gasteiger partial charge is 0.326 e. The van der Waals surface area contributed by atoms with E-state index in [9.17, 15) is 14.4 Å². The first-order valence-corrected chi connectivity index (χ1v) is 4.48. The molecule has 0 saturated carbocycles. The number of cyclic esters (lactones) is 1. The van der Waals surface area contributed by atoms with Gasteiger partial charge in [0.15, 0.2) is 5.81 Å². The maximum absolute atomic E-state index is 11.2. The molecule has 0 aromatic heterocycles. The number of esters is 1. The Morgan fingerprint density at radius 1 is 1.53 bits per heavy atom. The van der Waals surface area contributed by atoms with Gasteiger partial charge in [-0.15, -0.1) is 0 Å². The third-order valence-corrected chi connectivity index (χ3v) is 2.91. The highest BCUT2D eigenvalue weighted by molar-refractivity contribution is 6.57. The van der Waals surface area contributed by atoms with Crippen LogP contribution in [0.4, 0.5) is 4.79 Å². The molecule has 2 aliphatic rings. The molecule has 0 bridgehead atoms. The second-order valence-corrected chi connectivity index (χ2v) is 3.67. The highest BCUT2D eigenvalue weighted by atomic mass is 16.5. The molecule has 6 nitrogen and oxygen atoms in total. The maximum Gasteiger partial charge on any atom is 0.326 e. The van der Waals surface area contributed by atoms with E-state index >= 15 is 0 Å². The van der Waals surface area contributed by atoms with Crippen LogP contribution in [0.25, 0.3) is 0 Å². The van der Waals surface area contributed by atoms with Crippen LogP contribution in [-0.4, -0.2) is 54.8 Å². The van der Waals surface area contributed by atoms with E-state index in [1.165, 1.54) is 0 Å². The molecule has 3 atom stereocenters. The van der Waals surface area contributed by atoms with Gasteiger partial charge in [-0.25, -0.2) is 4.79 Å². The van der Waals surface area contributed by atoms with Crippen LogP contribution in [0.3, 0.4) is 0 Å². The number of rotatable bonds is 1. The van der Waals surface area contributed by atoms with Gasteiger partial charge < -0.3 is 14.7 Å². The van der Waals surface area contributed by atoms with E-state index in [-0.39, 0.29) is 13.2 Å². The topological polar surface area (TPSA) is 83.9 Å². The molecular formula is C8H8BNO5. The number of amides is 1. The van der Waals surface area contributed by atoms with Gasteiger partial charge in [0, 0.05) is 12.5 Å². The molecule has 1 N–H and O–H groups in total. The Bertz CT molecular complexity index is 344. The Kier molecular flexibility index (Phi) is 2.17. The first kappa shape index (κ1) is 10.0. The minimum atomic E-state index is -1.15. The SMILES string of the molecule is [B]C(=O)N1C[C@@H]2C(=O)OC[C@@H]2[C@H]1C(=O)O. The van der Waals surface area contributed by atoms with E-state index in [0.29, 0.717) is 0 Å². The lowest BCUT2D eigenvalue weighted by Gasteiger charge is -2.22. The molecule has 1 amide bonds. The van der Waals surface area contributed by atoms with E-state index in [0.717, 1.165) is 4.90 Å². The molecule has 2 fully saturated rings. The molecule has 15 heavy (non-hydrogen) atoms. The number of carbonyl (C=O) groups is 3. The van der Waals surface area contributed by atoms with Crippen LogP contribution < -0.4 is 0 Å². The summed E-state index contributed by atoms with van der Waals surface area (Å²) in [4.78, 5) is 34.1. The zero-order valence-electron chi connectivity index (χ0n) is 7.75. The van der Waals surface area contributed by atoms with Gasteiger partial charge in [0.05, 0.1) is 12.5 Å². The fourth-order valence-corrected chi connectivity index (χ4v) is 2.20. The Hall–Kier alpha value is -1.53. The van der Waals surface area contributed by atoms with Gasteiger partial charge >= 0.3 is 11.9 Å². The van der Waals surface area contributed by atoms with Crippen molar-refractivity contribution < 1.29 is 24.2 Å². The van der Waals surface area contributed by atoms with Crippen molar-refractivity contribution in [3.8, 4) is 0 Å². The standard InChI is InChI=1S/C8H8BNO5/c9-8(14)10-1-3-4(2-15-7(3)13)5(10)6(11)12/h3-5H,1-2H2,(H,11,12)/t3-,4-,5-/m0/s1. The van der Waals surface area contributed by atoms with Crippen molar-refractivity contribution in [3.63, 3.8) is 0 Å². The molecular weight excluding hydrogens is 201 g/mol. The second kappa shape index (κ2) is 3.25. The van der Waals surface area contributed by atoms with Gasteiger partial charge in [-0.3, -0.25) is 9.59 Å². The van der Waals surface area contributed by atoms with Gasteiger partial charge in [-0.1, -0.05) is 0 Å². The number of aliphatic carboxylic acids is 1. The summed E-state index contributed by atoms with van der Waals surface area (Å²) in [6.07, 6.45) is 0. The fourth-order valence-electron chi connectivity index (χ4n) is 2.20. The van der Waals surface area contributed by atoms with Crippen molar-refractivity contribution >= 4 is 25.6 Å². The third-order valence-electron chi connectivity index (χ3n) is 2.91. The van der Waals surface area contributed by atoms with Crippen LogP contribution in [0.2, 0.25) is 0 Å². The van der Waals surface area contributed by atoms with E-state index in [1.54, 1.807) is 0 Å². The molecule has 2 radical (unpaired) electrons. The number of carboxylic acids is 1. The van der Waals surface area contributed by atoms with Crippen LogP contribution in [-0.2, 0) is 14.3 Å². The number of hydrogen-bond acceptors (Lipinski definition) is 4. The molecule has 2 saturated heterocycles. The summed E-state index contributed by atoms with van der Waals surface area (Å²) in [5, 5.41) is 8.95. The molecule has 0 aliphatic carbocycles. The highest BCUT2D eigenvalue weighted by Crippen LogP contribution is 2.35. The Morgan fingerprint density at radius 3 is 2.73 bits per heavy atom. The predicted octanol–water partition coefficient (Wildman–Crippen LogP) is -1.17. The number of carbonyl (C=O) groups excluding carboxylic acids is 2. The van der Waals surface area contributed by atoms with Crippen LogP contribution in [0.1, 0.15) is 0 Å². The van der Waals surface area contributed by atoms with Gasteiger partial charge in [0.1, 0.15) is 6.04 Å². The van der Waals surface area contributed by atoms with Gasteiger partial charge in [-0.2, -0.15) is 0 Å². The number of fused-ring (bicyclic) bond motifs is 1. The summed E-state index contributed by atoms with van der Waals surface area (Å²) in [6, 6.07) is -1.04. The third kappa shape index (κ3) is 1.38. The first-order chi connectivity index (χ1) is 7.02. The fraction of sp³-hybridized carbons (Fsp3) is 0.625. The minimum Gasteiger partial charge on any atom is -0.480 e. The van der Waals surface area contributed by atoms with Crippen LogP contribution in [0.5, 0.6) is 0 Å². The average Bonchev–Trinajstić information content (AvgIpc) is 2.65. The minimum absolute atomic E-state index is 0.0375. The van der Waals surface area contributed by atoms with Crippen molar-refractivity contribution in [2.24, 2.45) is 11.8 Å². The normalized spacial score (nSPS) is 33.7. The van der Waals surface area contributed by atoms with Gasteiger partial charge in [0.25, 0.3) is 0 Å². The molecule has 2 aliphatic heterocycles. The van der Waals surface area contributed by atoms with Crippen molar-refractivity contribution in [2.45, 2.75) is 6.04 Å². The number of nitrogens with zero attached hydrogens (tertiary/aromatic N) is 1. The Labute approximate surface area is 86.6 Å². The molecule has 0 unspecified atom stereocenters. The van der Waals surface area contributed by atoms with E-state index in [4.69, 9.17) is 17.7 Å². The zero-order valence-corrected chi connectivity index (χ0v) is 7.75. The Balaban J connectivity index is 2.28. The first-order valence-electron chi connectivity index (χ1n) is 4.48. The van der Waals surface area contributed by atoms with Crippen LogP contribution >= 0.6 is 0 Å². The summed E-state index contributed by atoms with van der Waals surface area (Å²) in [7, 11) is 5.05. The lowest BCUT2D eigenvalue weighted by Crippen LogP contribution is -2.43. The number of carboxylic acid groups (broad SMARTS) is 1. The summed E-state index contributed by atoms with van der Waals surface area (Å²) in [6.45, 7) is 0.0834. The second-order valence-electron chi connectivity index (χ2n) is 3.67. The number of hydrogen-bond donors (Lipinski definition) is 1. The summed E-state index contributed by atoms with van der Waals surface area (Å²) < 4.78 is 4.75. The van der Waals surface area contributed by atoms with Crippen molar-refractivity contribution in [1.82, 2.24) is 4.90 Å². The molecule has 78 valence electrons. The maximum atomic E-state index is 11.2. The predicted molar refractivity (Wildman–Crippen MR) is 47.2 cm³/mol. The van der Waals surface area contributed by atoms with E-state index in [2.05, 4.69) is 0 Å². The summed E-state index contributed by atoms with van der Waals surface area (Å²) >= 11 is 0. The van der Waals surface area contributed by atoms with Gasteiger partial charge in [-0.05, 0) is 0 Å². The summed E-state index contributed by atoms with van der Waals surface area (Å²) in [5.41, 5.74) is 0. The zero-order chi connectivity index (χ0) is 11.2. The molecule has 2 rings (SSSR count). The highest BCUT2D eigenvalue weighted by Gasteiger charge is 2.54. The molecule has 2 heterocycles. The number of likely N-dealkylation sites (tertiary alicyclic amines) is 1. The van der Waals surface area contributed by atoms with E-state index < -0.39 is 35.6 Å². The van der Waals surface area contributed by atoms with Crippen molar-refractivity contribution in [1.29, 1.82) is 0 Å². The lowest BCUT2D eigenvalue weighted by molar-refractivity contribution is -0.144. The van der Waals surface area contributed by atoms with Crippen molar-refractivity contribution in [3.05, 3.63) is 0 Å². The molecule has 7 heteroatoms. The molecule has 0 aromatic rings. The van der Waals surface area contributed by atoms with Crippen LogP contribution in [0, 0.1) is 11.8 Å². The molecule has 0 aromatic carbocycles. The monoisotopic (exact) mass is 209 g/mol. The summed E-state index contributed by atoms with van der Waals surface area (Å²) in [5.74, 6) is -3.43. The quantitative estimate of drug-likeness (QED) is 0.434. The van der Waals surface area contributed by atoms with E-state index in [1.807, 2.05) is 0 Å². The van der Waals surface area contributed by atoms with Gasteiger partial charge in [0.2, 0.25) is 7.85 Å². The van der Waals surface area contributed by atoms with Crippen molar-refractivity contribution in [2.75, 3.05) is 13.2 Å². The number of ether oxygens (including phenoxy) is 1. The molecule has 0 spiro atoms. The van der Waals surface area contributed by atoms with Crippen LogP contribution in [0.15, 0.2) is 0 Å². The largest absolute Gasteiger partial charge is 0.480 e.